The number of hydrogen-bond donors (Lipinski definition) is 3. The van der Waals surface area contributed by atoms with Crippen molar-refractivity contribution < 1.29 is 24.5 Å². The molecule has 6 heteroatoms. The summed E-state index contributed by atoms with van der Waals surface area (Å²) in [6, 6.07) is -0.632. The van der Waals surface area contributed by atoms with E-state index in [4.69, 9.17) is 4.74 Å². The molecule has 0 rings (SSSR count). The molecular weight excluding hydrogens is 743 g/mol. The second-order valence-electron chi connectivity index (χ2n) is 18.2. The molecule has 1 amide bonds. The van der Waals surface area contributed by atoms with Crippen molar-refractivity contribution in [3.63, 3.8) is 0 Å². The highest BCUT2D eigenvalue weighted by Crippen LogP contribution is 2.16. The third-order valence-electron chi connectivity index (χ3n) is 12.2. The van der Waals surface area contributed by atoms with Crippen LogP contribution >= 0.6 is 0 Å². The fraction of sp³-hybridized carbons (Fsp3) is 0.889. The molecule has 0 heterocycles. The van der Waals surface area contributed by atoms with E-state index in [-0.39, 0.29) is 18.5 Å². The number of amides is 1. The number of unbranched alkanes of at least 4 members (excludes halogenated alkanes) is 36. The lowest BCUT2D eigenvalue weighted by molar-refractivity contribution is -0.143. The first-order chi connectivity index (χ1) is 29.5. The van der Waals surface area contributed by atoms with E-state index in [1.807, 2.05) is 6.08 Å². The van der Waals surface area contributed by atoms with Crippen LogP contribution in [0, 0.1) is 0 Å². The van der Waals surface area contributed by atoms with E-state index in [9.17, 15) is 19.8 Å². The number of esters is 1. The van der Waals surface area contributed by atoms with Gasteiger partial charge < -0.3 is 20.3 Å². The number of rotatable bonds is 49. The number of aliphatic hydroxyl groups is 2. The lowest BCUT2D eigenvalue weighted by Gasteiger charge is -2.20. The van der Waals surface area contributed by atoms with E-state index in [0.717, 1.165) is 44.9 Å². The number of aliphatic hydroxyl groups excluding tert-OH is 2. The smallest absolute Gasteiger partial charge is 0.305 e. The van der Waals surface area contributed by atoms with E-state index >= 15 is 0 Å². The summed E-state index contributed by atoms with van der Waals surface area (Å²) in [4.78, 5) is 24.4. The second kappa shape index (κ2) is 50.0. The van der Waals surface area contributed by atoms with E-state index in [1.54, 1.807) is 6.08 Å². The van der Waals surface area contributed by atoms with Crippen LogP contribution < -0.4 is 5.32 Å². The largest absolute Gasteiger partial charge is 0.466 e. The second-order valence-corrected chi connectivity index (χ2v) is 18.2. The van der Waals surface area contributed by atoms with Crippen molar-refractivity contribution in [1.29, 1.82) is 0 Å². The minimum atomic E-state index is -0.847. The molecule has 2 unspecified atom stereocenters. The first-order valence-electron chi connectivity index (χ1n) is 26.6. The van der Waals surface area contributed by atoms with Gasteiger partial charge in [-0.3, -0.25) is 9.59 Å². The lowest BCUT2D eigenvalue weighted by atomic mass is 10.0. The molecule has 0 aromatic carbocycles. The number of ether oxygens (including phenoxy) is 1. The Balaban J connectivity index is 3.44. The average Bonchev–Trinajstić information content (AvgIpc) is 3.25. The molecule has 0 fully saturated rings. The molecule has 0 aliphatic rings. The molecule has 2 atom stereocenters. The Morgan fingerprint density at radius 3 is 1.18 bits per heavy atom. The summed E-state index contributed by atoms with van der Waals surface area (Å²) in [5.74, 6) is -0.0721. The van der Waals surface area contributed by atoms with E-state index < -0.39 is 12.1 Å². The van der Waals surface area contributed by atoms with Crippen molar-refractivity contribution in [1.82, 2.24) is 5.32 Å². The minimum Gasteiger partial charge on any atom is -0.466 e. The van der Waals surface area contributed by atoms with Crippen LogP contribution in [0.4, 0.5) is 0 Å². The Bertz CT molecular complexity index is 935. The van der Waals surface area contributed by atoms with Crippen LogP contribution in [-0.4, -0.2) is 47.4 Å². The summed E-state index contributed by atoms with van der Waals surface area (Å²) in [6.07, 6.45) is 59.0. The molecule has 0 saturated heterocycles. The summed E-state index contributed by atoms with van der Waals surface area (Å²) in [6.45, 7) is 4.88. The van der Waals surface area contributed by atoms with Crippen molar-refractivity contribution in [2.45, 2.75) is 296 Å². The van der Waals surface area contributed by atoms with Gasteiger partial charge >= 0.3 is 5.97 Å². The van der Waals surface area contributed by atoms with E-state index in [2.05, 4.69) is 31.3 Å². The fourth-order valence-electron chi connectivity index (χ4n) is 8.10. The molecule has 354 valence electrons. The predicted molar refractivity (Wildman–Crippen MR) is 260 cm³/mol. The van der Waals surface area contributed by atoms with E-state index in [1.165, 1.54) is 212 Å². The topological polar surface area (TPSA) is 95.9 Å². The molecule has 0 bridgehead atoms. The van der Waals surface area contributed by atoms with E-state index in [0.29, 0.717) is 19.4 Å². The summed E-state index contributed by atoms with van der Waals surface area (Å²) >= 11 is 0. The third kappa shape index (κ3) is 45.9. The summed E-state index contributed by atoms with van der Waals surface area (Å²) in [7, 11) is 0. The van der Waals surface area contributed by atoms with Crippen LogP contribution in [0.5, 0.6) is 0 Å². The van der Waals surface area contributed by atoms with Gasteiger partial charge in [0.05, 0.1) is 25.4 Å². The van der Waals surface area contributed by atoms with Crippen LogP contribution in [-0.2, 0) is 14.3 Å². The fourth-order valence-corrected chi connectivity index (χ4v) is 8.10. The molecule has 0 aliphatic heterocycles. The van der Waals surface area contributed by atoms with Crippen LogP contribution in [0.25, 0.3) is 0 Å². The highest BCUT2D eigenvalue weighted by molar-refractivity contribution is 5.76. The minimum absolute atomic E-state index is 0.00582. The van der Waals surface area contributed by atoms with Crippen LogP contribution in [0.1, 0.15) is 284 Å². The Hall–Kier alpha value is -1.66. The van der Waals surface area contributed by atoms with Gasteiger partial charge in [0.2, 0.25) is 5.91 Å². The third-order valence-corrected chi connectivity index (χ3v) is 12.2. The molecule has 0 spiro atoms. The van der Waals surface area contributed by atoms with Crippen molar-refractivity contribution >= 4 is 11.9 Å². The number of allylic oxidation sites excluding steroid dienone is 3. The molecule has 0 saturated carbocycles. The monoisotopic (exact) mass is 846 g/mol. The standard InChI is InChI=1S/C54H103NO5/c1-3-5-7-9-11-13-15-28-32-36-40-44-48-54(59)60-49-45-41-37-33-29-25-23-21-19-17-16-18-20-22-24-27-31-35-39-43-47-53(58)55-51(50-56)52(57)46-42-38-34-30-26-14-12-10-8-6-4-2/h16,18,42,46,51-52,56-57H,3-15,17,19-41,43-45,47-50H2,1-2H3,(H,55,58)/b18-16-,46-42+. The zero-order valence-corrected chi connectivity index (χ0v) is 40.2. The Kier molecular flexibility index (Phi) is 48.6. The summed E-state index contributed by atoms with van der Waals surface area (Å²) in [5, 5.41) is 23.0. The Morgan fingerprint density at radius 1 is 0.450 bits per heavy atom. The maximum atomic E-state index is 12.4. The van der Waals surface area contributed by atoms with Crippen molar-refractivity contribution in [3.8, 4) is 0 Å². The maximum Gasteiger partial charge on any atom is 0.305 e. The summed E-state index contributed by atoms with van der Waals surface area (Å²) < 4.78 is 5.46. The zero-order valence-electron chi connectivity index (χ0n) is 40.2. The van der Waals surface area contributed by atoms with Gasteiger partial charge in [-0.05, 0) is 57.8 Å². The summed E-state index contributed by atoms with van der Waals surface area (Å²) in [5.41, 5.74) is 0. The SMILES string of the molecule is CCCCCCCCCCC/C=C/C(O)C(CO)NC(=O)CCCCCCCCC/C=C\CCCCCCCCCCCOC(=O)CCCCCCCCCCCCCC. The van der Waals surface area contributed by atoms with Gasteiger partial charge in [0.25, 0.3) is 0 Å². The first-order valence-corrected chi connectivity index (χ1v) is 26.6. The predicted octanol–water partition coefficient (Wildman–Crippen LogP) is 15.9. The zero-order chi connectivity index (χ0) is 43.7. The number of hydrogen-bond acceptors (Lipinski definition) is 5. The Labute approximate surface area is 373 Å². The van der Waals surface area contributed by atoms with Gasteiger partial charge in [-0.15, -0.1) is 0 Å². The molecule has 0 radical (unpaired) electrons. The molecule has 60 heavy (non-hydrogen) atoms. The van der Waals surface area contributed by atoms with Crippen molar-refractivity contribution in [2.24, 2.45) is 0 Å². The lowest BCUT2D eigenvalue weighted by Crippen LogP contribution is -2.45. The molecule has 3 N–H and O–H groups in total. The van der Waals surface area contributed by atoms with Gasteiger partial charge in [0, 0.05) is 12.8 Å². The van der Waals surface area contributed by atoms with Crippen molar-refractivity contribution in [3.05, 3.63) is 24.3 Å². The molecule has 0 aliphatic carbocycles. The highest BCUT2D eigenvalue weighted by Gasteiger charge is 2.18. The quantitative estimate of drug-likeness (QED) is 0.0322. The van der Waals surface area contributed by atoms with Crippen molar-refractivity contribution in [2.75, 3.05) is 13.2 Å². The van der Waals surface area contributed by atoms with Crippen LogP contribution in [0.15, 0.2) is 24.3 Å². The average molecular weight is 846 g/mol. The molecule has 0 aromatic rings. The highest BCUT2D eigenvalue weighted by atomic mass is 16.5. The number of carbonyl (C=O) groups is 2. The van der Waals surface area contributed by atoms with Crippen LogP contribution in [0.2, 0.25) is 0 Å². The number of nitrogens with one attached hydrogen (secondary N) is 1. The maximum absolute atomic E-state index is 12.4. The van der Waals surface area contributed by atoms with Gasteiger partial charge in [-0.25, -0.2) is 0 Å². The van der Waals surface area contributed by atoms with Crippen LogP contribution in [0.3, 0.4) is 0 Å². The number of carbonyl (C=O) groups excluding carboxylic acids is 2. The van der Waals surface area contributed by atoms with Gasteiger partial charge in [-0.2, -0.15) is 0 Å². The first kappa shape index (κ1) is 58.3. The van der Waals surface area contributed by atoms with Gasteiger partial charge in [0.15, 0.2) is 0 Å². The Morgan fingerprint density at radius 2 is 0.783 bits per heavy atom. The molecular formula is C54H103NO5. The van der Waals surface area contributed by atoms with Gasteiger partial charge in [0.1, 0.15) is 0 Å². The normalized spacial score (nSPS) is 12.8. The van der Waals surface area contributed by atoms with Gasteiger partial charge in [-0.1, -0.05) is 237 Å². The molecule has 0 aromatic heterocycles. The molecule has 6 nitrogen and oxygen atoms in total.